The first-order valence-electron chi connectivity index (χ1n) is 7.13. The molecular formula is C15H18FN3O3S. The summed E-state index contributed by atoms with van der Waals surface area (Å²) in [7, 11) is 1.63. The summed E-state index contributed by atoms with van der Waals surface area (Å²) in [6.45, 7) is 2.18. The van der Waals surface area contributed by atoms with Gasteiger partial charge in [-0.25, -0.2) is 9.18 Å². The van der Waals surface area contributed by atoms with Crippen molar-refractivity contribution in [2.45, 2.75) is 13.0 Å². The highest BCUT2D eigenvalue weighted by molar-refractivity contribution is 8.14. The second-order valence-electron chi connectivity index (χ2n) is 5.17. The quantitative estimate of drug-likeness (QED) is 0.893. The van der Waals surface area contributed by atoms with Gasteiger partial charge in [-0.2, -0.15) is 0 Å². The van der Waals surface area contributed by atoms with Crippen molar-refractivity contribution < 1.29 is 18.8 Å². The summed E-state index contributed by atoms with van der Waals surface area (Å²) in [5.74, 6) is -0.401. The third kappa shape index (κ3) is 4.22. The lowest BCUT2D eigenvalue weighted by atomic mass is 10.1. The van der Waals surface area contributed by atoms with E-state index in [9.17, 15) is 18.8 Å². The number of benzene rings is 1. The van der Waals surface area contributed by atoms with Gasteiger partial charge >= 0.3 is 6.03 Å². The molecule has 1 unspecified atom stereocenters. The van der Waals surface area contributed by atoms with E-state index < -0.39 is 0 Å². The zero-order valence-corrected chi connectivity index (χ0v) is 13.7. The average Bonchev–Trinajstić information content (AvgIpc) is 2.86. The van der Waals surface area contributed by atoms with Crippen LogP contribution in [0.25, 0.3) is 0 Å². The Hall–Kier alpha value is -2.09. The number of carbonyl (C=O) groups is 3. The molecule has 2 rings (SSSR count). The number of urea groups is 1. The lowest BCUT2D eigenvalue weighted by Gasteiger charge is -2.26. The molecule has 0 bridgehead atoms. The Balaban J connectivity index is 1.83. The fraction of sp³-hybridized carbons (Fsp3) is 0.400. The van der Waals surface area contributed by atoms with Gasteiger partial charge in [0.1, 0.15) is 5.82 Å². The summed E-state index contributed by atoms with van der Waals surface area (Å²) in [5.41, 5.74) is 0.811. The summed E-state index contributed by atoms with van der Waals surface area (Å²) >= 11 is 0.966. The first-order chi connectivity index (χ1) is 10.9. The topological polar surface area (TPSA) is 69.7 Å². The van der Waals surface area contributed by atoms with Gasteiger partial charge in [-0.1, -0.05) is 23.9 Å². The number of carbonyl (C=O) groups excluding carboxylic acids is 3. The molecule has 0 radical (unpaired) electrons. The highest BCUT2D eigenvalue weighted by Crippen LogP contribution is 2.19. The van der Waals surface area contributed by atoms with Gasteiger partial charge in [-0.15, -0.1) is 0 Å². The number of hydrogen-bond acceptors (Lipinski definition) is 4. The van der Waals surface area contributed by atoms with Crippen LogP contribution in [0.3, 0.4) is 0 Å². The van der Waals surface area contributed by atoms with Crippen molar-refractivity contribution in [2.75, 3.05) is 25.9 Å². The number of halogens is 1. The van der Waals surface area contributed by atoms with Gasteiger partial charge in [0.05, 0.1) is 11.8 Å². The molecule has 1 aliphatic heterocycles. The Morgan fingerprint density at radius 1 is 1.39 bits per heavy atom. The summed E-state index contributed by atoms with van der Waals surface area (Å²) in [5, 5.41) is 2.39. The first kappa shape index (κ1) is 17.3. The Labute approximate surface area is 138 Å². The number of imide groups is 1. The van der Waals surface area contributed by atoms with E-state index in [0.29, 0.717) is 0 Å². The molecule has 1 atom stereocenters. The summed E-state index contributed by atoms with van der Waals surface area (Å²) in [6.07, 6.45) is 0. The standard InChI is InChI=1S/C15H18FN3O3S/c1-10(11-3-5-12(16)6-4-11)18(2)14(21)17-7-8-19-13(20)9-23-15(19)22/h3-6,10H,7-9H2,1-2H3,(H,17,21). The molecule has 6 nitrogen and oxygen atoms in total. The highest BCUT2D eigenvalue weighted by atomic mass is 32.2. The Morgan fingerprint density at radius 3 is 2.61 bits per heavy atom. The molecule has 0 spiro atoms. The maximum absolute atomic E-state index is 12.9. The normalized spacial score (nSPS) is 15.7. The van der Waals surface area contributed by atoms with Crippen LogP contribution in [0.4, 0.5) is 14.0 Å². The summed E-state index contributed by atoms with van der Waals surface area (Å²) in [4.78, 5) is 37.6. The van der Waals surface area contributed by atoms with Crippen molar-refractivity contribution in [3.63, 3.8) is 0 Å². The third-order valence-electron chi connectivity index (χ3n) is 3.71. The van der Waals surface area contributed by atoms with Crippen LogP contribution in [0.15, 0.2) is 24.3 Å². The van der Waals surface area contributed by atoms with Crippen molar-refractivity contribution in [3.8, 4) is 0 Å². The van der Waals surface area contributed by atoms with E-state index >= 15 is 0 Å². The predicted molar refractivity (Wildman–Crippen MR) is 85.5 cm³/mol. The minimum atomic E-state index is -0.328. The molecular weight excluding hydrogens is 321 g/mol. The number of nitrogens with zero attached hydrogens (tertiary/aromatic N) is 2. The number of rotatable bonds is 5. The van der Waals surface area contributed by atoms with Crippen LogP contribution in [0.5, 0.6) is 0 Å². The largest absolute Gasteiger partial charge is 0.336 e. The lowest BCUT2D eigenvalue weighted by Crippen LogP contribution is -2.43. The van der Waals surface area contributed by atoms with Gasteiger partial charge < -0.3 is 10.2 Å². The maximum atomic E-state index is 12.9. The van der Waals surface area contributed by atoms with Gasteiger partial charge in [0.2, 0.25) is 5.91 Å². The average molecular weight is 339 g/mol. The van der Waals surface area contributed by atoms with Crippen LogP contribution in [0.1, 0.15) is 18.5 Å². The maximum Gasteiger partial charge on any atom is 0.317 e. The van der Waals surface area contributed by atoms with Gasteiger partial charge in [0.25, 0.3) is 5.24 Å². The van der Waals surface area contributed by atoms with Crippen LogP contribution in [-0.4, -0.2) is 52.9 Å². The fourth-order valence-corrected chi connectivity index (χ4v) is 2.89. The molecule has 1 aromatic carbocycles. The minimum Gasteiger partial charge on any atom is -0.336 e. The molecule has 8 heteroatoms. The molecule has 0 aliphatic carbocycles. The van der Waals surface area contributed by atoms with E-state index in [0.717, 1.165) is 22.2 Å². The van der Waals surface area contributed by atoms with Crippen LogP contribution in [0.2, 0.25) is 0 Å². The molecule has 1 fully saturated rings. The molecule has 124 valence electrons. The van der Waals surface area contributed by atoms with Gasteiger partial charge in [-0.05, 0) is 24.6 Å². The zero-order chi connectivity index (χ0) is 17.0. The van der Waals surface area contributed by atoms with Gasteiger partial charge in [0.15, 0.2) is 0 Å². The third-order valence-corrected chi connectivity index (χ3v) is 4.56. The number of hydrogen-bond donors (Lipinski definition) is 1. The van der Waals surface area contributed by atoms with Crippen molar-refractivity contribution >= 4 is 28.9 Å². The number of thioether (sulfide) groups is 1. The Kier molecular flexibility index (Phi) is 5.59. The second-order valence-corrected chi connectivity index (χ2v) is 6.10. The number of nitrogens with one attached hydrogen (secondary N) is 1. The lowest BCUT2D eigenvalue weighted by molar-refractivity contribution is -0.124. The molecule has 0 aromatic heterocycles. The Bertz CT molecular complexity index is 592. The Morgan fingerprint density at radius 2 is 2.04 bits per heavy atom. The molecule has 1 aromatic rings. The van der Waals surface area contributed by atoms with E-state index in [1.54, 1.807) is 19.2 Å². The van der Waals surface area contributed by atoms with Crippen molar-refractivity contribution in [3.05, 3.63) is 35.6 Å². The molecule has 1 heterocycles. The smallest absolute Gasteiger partial charge is 0.317 e. The molecule has 0 saturated carbocycles. The SMILES string of the molecule is CC(c1ccc(F)cc1)N(C)C(=O)NCCN1C(=O)CSC1=O. The zero-order valence-electron chi connectivity index (χ0n) is 12.9. The van der Waals surface area contributed by atoms with Crippen LogP contribution < -0.4 is 5.32 Å². The second kappa shape index (κ2) is 7.45. The highest BCUT2D eigenvalue weighted by Gasteiger charge is 2.29. The minimum absolute atomic E-state index is 0.161. The molecule has 1 N–H and O–H groups in total. The monoisotopic (exact) mass is 339 g/mol. The van der Waals surface area contributed by atoms with Gasteiger partial charge in [0, 0.05) is 20.1 Å². The van der Waals surface area contributed by atoms with Crippen molar-refractivity contribution in [1.29, 1.82) is 0 Å². The number of amides is 4. The summed E-state index contributed by atoms with van der Waals surface area (Å²) in [6, 6.07) is 5.39. The molecule has 1 saturated heterocycles. The van der Waals surface area contributed by atoms with Crippen molar-refractivity contribution in [1.82, 2.24) is 15.1 Å². The predicted octanol–water partition coefficient (Wildman–Crippen LogP) is 2.22. The first-order valence-corrected chi connectivity index (χ1v) is 8.12. The van der Waals surface area contributed by atoms with Crippen LogP contribution >= 0.6 is 11.8 Å². The van der Waals surface area contributed by atoms with E-state index in [-0.39, 0.29) is 47.9 Å². The fourth-order valence-electron chi connectivity index (χ4n) is 2.14. The summed E-state index contributed by atoms with van der Waals surface area (Å²) < 4.78 is 12.9. The molecule has 1 aliphatic rings. The van der Waals surface area contributed by atoms with E-state index in [2.05, 4.69) is 5.32 Å². The molecule has 4 amide bonds. The van der Waals surface area contributed by atoms with E-state index in [4.69, 9.17) is 0 Å². The molecule has 23 heavy (non-hydrogen) atoms. The van der Waals surface area contributed by atoms with Crippen molar-refractivity contribution in [2.24, 2.45) is 0 Å². The van der Waals surface area contributed by atoms with E-state index in [1.807, 2.05) is 6.92 Å². The van der Waals surface area contributed by atoms with E-state index in [1.165, 1.54) is 17.0 Å². The van der Waals surface area contributed by atoms with Crippen LogP contribution in [0, 0.1) is 5.82 Å². The van der Waals surface area contributed by atoms with Crippen LogP contribution in [-0.2, 0) is 4.79 Å². The van der Waals surface area contributed by atoms with Gasteiger partial charge in [-0.3, -0.25) is 14.5 Å².